The van der Waals surface area contributed by atoms with E-state index in [0.717, 1.165) is 65.3 Å². The lowest BCUT2D eigenvalue weighted by molar-refractivity contribution is -0.122. The monoisotopic (exact) mass is 515 g/mol. The van der Waals surface area contributed by atoms with Crippen LogP contribution in [-0.2, 0) is 24.7 Å². The van der Waals surface area contributed by atoms with Crippen LogP contribution >= 0.6 is 0 Å². The Morgan fingerprint density at radius 1 is 1.26 bits per heavy atom. The first-order chi connectivity index (χ1) is 18.2. The first kappa shape index (κ1) is 26.1. The zero-order valence-electron chi connectivity index (χ0n) is 23.2. The molecule has 5 rings (SSSR count). The van der Waals surface area contributed by atoms with E-state index < -0.39 is 0 Å². The van der Waals surface area contributed by atoms with Gasteiger partial charge in [-0.05, 0) is 57.0 Å². The van der Waals surface area contributed by atoms with Crippen LogP contribution in [0.25, 0.3) is 5.57 Å². The number of piperazine rings is 1. The number of benzene rings is 1. The number of amides is 1. The Bertz CT molecular complexity index is 1380. The fourth-order valence-corrected chi connectivity index (χ4v) is 5.65. The van der Waals surface area contributed by atoms with Gasteiger partial charge in [-0.1, -0.05) is 18.2 Å². The number of aryl methyl sites for hydroxylation is 2. The molecular weight excluding hydrogens is 478 g/mol. The van der Waals surface area contributed by atoms with Crippen molar-refractivity contribution in [3.8, 4) is 5.88 Å². The molecule has 0 radical (unpaired) electrons. The number of likely N-dealkylation sites (N-methyl/N-ethyl adjacent to an activating group) is 1. The van der Waals surface area contributed by atoms with Gasteiger partial charge in [-0.2, -0.15) is 0 Å². The summed E-state index contributed by atoms with van der Waals surface area (Å²) in [4.78, 5) is 27.4. The maximum Gasteiger partial charge on any atom is 0.241 e. The Labute approximate surface area is 224 Å². The van der Waals surface area contributed by atoms with Crippen molar-refractivity contribution in [3.05, 3.63) is 70.4 Å². The number of rotatable bonds is 7. The molecule has 200 valence electrons. The molecule has 38 heavy (non-hydrogen) atoms. The van der Waals surface area contributed by atoms with Gasteiger partial charge in [-0.3, -0.25) is 14.4 Å². The molecule has 1 fully saturated rings. The van der Waals surface area contributed by atoms with Gasteiger partial charge in [-0.15, -0.1) is 5.10 Å². The highest BCUT2D eigenvalue weighted by atomic mass is 16.5. The van der Waals surface area contributed by atoms with E-state index in [1.54, 1.807) is 11.8 Å². The highest BCUT2D eigenvalue weighted by Gasteiger charge is 2.30. The van der Waals surface area contributed by atoms with Gasteiger partial charge < -0.3 is 15.0 Å². The van der Waals surface area contributed by atoms with Crippen LogP contribution in [0.3, 0.4) is 0 Å². The third-order valence-electron chi connectivity index (χ3n) is 7.68. The van der Waals surface area contributed by atoms with Crippen molar-refractivity contribution >= 4 is 17.2 Å². The van der Waals surface area contributed by atoms with Gasteiger partial charge in [0.2, 0.25) is 11.8 Å². The number of methoxy groups -OCH3 is 1. The maximum absolute atomic E-state index is 13.3. The molecule has 9 heteroatoms. The molecule has 0 spiro atoms. The van der Waals surface area contributed by atoms with Crippen LogP contribution in [0.1, 0.15) is 47.6 Å². The molecule has 9 nitrogen and oxygen atoms in total. The average Bonchev–Trinajstić information content (AvgIpc) is 3.48. The summed E-state index contributed by atoms with van der Waals surface area (Å²) in [5.41, 5.74) is 7.06. The number of allylic oxidation sites excluding steroid dienone is 1. The predicted molar refractivity (Wildman–Crippen MR) is 148 cm³/mol. The van der Waals surface area contributed by atoms with Crippen molar-refractivity contribution in [1.82, 2.24) is 29.5 Å². The SMILES string of the molecule is COc1nn(C)cc1Cc1ncc(C)c(C2=CCc3c(NC(=O)[C@@H](C)N4CCN(C)C[C@H]4C)cccc32)n1. The standard InChI is InChI=1S/C29H37N7O2/c1-18-15-30-26(14-21-17-35(5)33-29(21)38-6)32-27(18)24-11-10-23-22(24)8-7-9-25(23)31-28(37)20(3)36-13-12-34(4)16-19(36)2/h7-9,11,15,17,19-20H,10,12-14,16H2,1-6H3,(H,31,37)/t19-,20-/m1/s1. The molecule has 1 aliphatic heterocycles. The summed E-state index contributed by atoms with van der Waals surface area (Å²) in [6, 6.07) is 6.27. The van der Waals surface area contributed by atoms with E-state index in [4.69, 9.17) is 9.72 Å². The predicted octanol–water partition coefficient (Wildman–Crippen LogP) is 3.07. The van der Waals surface area contributed by atoms with Crippen LogP contribution in [0.2, 0.25) is 0 Å². The highest BCUT2D eigenvalue weighted by Crippen LogP contribution is 2.37. The molecule has 1 N–H and O–H groups in total. The molecule has 1 amide bonds. The van der Waals surface area contributed by atoms with Crippen LogP contribution < -0.4 is 10.1 Å². The number of hydrogen-bond acceptors (Lipinski definition) is 7. The Morgan fingerprint density at radius 3 is 2.84 bits per heavy atom. The molecule has 0 bridgehead atoms. The van der Waals surface area contributed by atoms with Gasteiger partial charge in [0.25, 0.3) is 0 Å². The summed E-state index contributed by atoms with van der Waals surface area (Å²) < 4.78 is 7.15. The second-order valence-corrected chi connectivity index (χ2v) is 10.5. The van der Waals surface area contributed by atoms with E-state index >= 15 is 0 Å². The number of hydrogen-bond donors (Lipinski definition) is 1. The summed E-state index contributed by atoms with van der Waals surface area (Å²) in [6.07, 6.45) is 7.30. The summed E-state index contributed by atoms with van der Waals surface area (Å²) in [7, 11) is 5.63. The molecule has 0 saturated carbocycles. The first-order valence-corrected chi connectivity index (χ1v) is 13.2. The summed E-state index contributed by atoms with van der Waals surface area (Å²) in [6.45, 7) is 9.08. The van der Waals surface area contributed by atoms with Crippen molar-refractivity contribution in [3.63, 3.8) is 0 Å². The summed E-state index contributed by atoms with van der Waals surface area (Å²) in [5, 5.41) is 7.58. The molecule has 2 aromatic heterocycles. The zero-order chi connectivity index (χ0) is 27.0. The van der Waals surface area contributed by atoms with Crippen LogP contribution in [-0.4, -0.2) is 81.3 Å². The van der Waals surface area contributed by atoms with E-state index in [2.05, 4.69) is 51.3 Å². The Hall–Kier alpha value is -3.56. The fourth-order valence-electron chi connectivity index (χ4n) is 5.65. The molecule has 0 unspecified atom stereocenters. The molecule has 1 saturated heterocycles. The van der Waals surface area contributed by atoms with Gasteiger partial charge >= 0.3 is 0 Å². The second-order valence-electron chi connectivity index (χ2n) is 10.5. The number of carbonyl (C=O) groups excluding carboxylic acids is 1. The molecule has 1 aromatic carbocycles. The molecule has 3 aromatic rings. The quantitative estimate of drug-likeness (QED) is 0.517. The normalized spacial score (nSPS) is 18.7. The zero-order valence-corrected chi connectivity index (χ0v) is 23.2. The van der Waals surface area contributed by atoms with Crippen LogP contribution in [0, 0.1) is 6.92 Å². The van der Waals surface area contributed by atoms with Crippen LogP contribution in [0.5, 0.6) is 5.88 Å². The highest BCUT2D eigenvalue weighted by molar-refractivity contribution is 5.97. The topological polar surface area (TPSA) is 88.4 Å². The average molecular weight is 516 g/mol. The van der Waals surface area contributed by atoms with Crippen molar-refractivity contribution < 1.29 is 9.53 Å². The van der Waals surface area contributed by atoms with Gasteiger partial charge in [-0.25, -0.2) is 9.97 Å². The summed E-state index contributed by atoms with van der Waals surface area (Å²) >= 11 is 0. The number of nitrogens with one attached hydrogen (secondary N) is 1. The number of ether oxygens (including phenoxy) is 1. The minimum Gasteiger partial charge on any atom is -0.480 e. The van der Waals surface area contributed by atoms with Crippen molar-refractivity contribution in [1.29, 1.82) is 0 Å². The number of aromatic nitrogens is 4. The molecule has 1 aliphatic carbocycles. The van der Waals surface area contributed by atoms with Gasteiger partial charge in [0, 0.05) is 68.4 Å². The number of carbonyl (C=O) groups is 1. The second kappa shape index (κ2) is 10.7. The Kier molecular flexibility index (Phi) is 7.32. The first-order valence-electron chi connectivity index (χ1n) is 13.2. The molecule has 2 atom stereocenters. The van der Waals surface area contributed by atoms with Crippen molar-refractivity contribution in [2.75, 3.05) is 39.1 Å². The fraction of sp³-hybridized carbons (Fsp3) is 0.448. The minimum absolute atomic E-state index is 0.0363. The van der Waals surface area contributed by atoms with Gasteiger partial charge in [0.15, 0.2) is 0 Å². The summed E-state index contributed by atoms with van der Waals surface area (Å²) in [5.74, 6) is 1.34. The van der Waals surface area contributed by atoms with Gasteiger partial charge in [0.1, 0.15) is 5.82 Å². The van der Waals surface area contributed by atoms with E-state index in [9.17, 15) is 4.79 Å². The molecule has 3 heterocycles. The van der Waals surface area contributed by atoms with E-state index in [1.807, 2.05) is 45.4 Å². The van der Waals surface area contributed by atoms with Crippen molar-refractivity contribution in [2.45, 2.75) is 45.7 Å². The molecule has 2 aliphatic rings. The Balaban J connectivity index is 1.36. The molecular formula is C29H37N7O2. The van der Waals surface area contributed by atoms with Crippen LogP contribution in [0.4, 0.5) is 5.69 Å². The van der Waals surface area contributed by atoms with Gasteiger partial charge in [0.05, 0.1) is 18.8 Å². The largest absolute Gasteiger partial charge is 0.480 e. The minimum atomic E-state index is -0.195. The van der Waals surface area contributed by atoms with Crippen LogP contribution in [0.15, 0.2) is 36.7 Å². The van der Waals surface area contributed by atoms with E-state index in [-0.39, 0.29) is 11.9 Å². The number of nitrogens with zero attached hydrogens (tertiary/aromatic N) is 6. The van der Waals surface area contributed by atoms with E-state index in [0.29, 0.717) is 24.2 Å². The maximum atomic E-state index is 13.3. The van der Waals surface area contributed by atoms with E-state index in [1.165, 1.54) is 0 Å². The Morgan fingerprint density at radius 2 is 2.08 bits per heavy atom. The smallest absolute Gasteiger partial charge is 0.241 e. The third-order valence-corrected chi connectivity index (χ3v) is 7.68. The lowest BCUT2D eigenvalue weighted by Gasteiger charge is -2.41. The number of fused-ring (bicyclic) bond motifs is 1. The number of anilines is 1. The lowest BCUT2D eigenvalue weighted by atomic mass is 9.99. The van der Waals surface area contributed by atoms with Crippen molar-refractivity contribution in [2.24, 2.45) is 7.05 Å². The third kappa shape index (κ3) is 5.08. The lowest BCUT2D eigenvalue weighted by Crippen LogP contribution is -2.56.